The monoisotopic (exact) mass is 1120 g/mol. The molecule has 0 bridgehead atoms. The molecule has 14 heteroatoms. The largest absolute Gasteiger partial charge is 0.394 e. The second-order valence-electron chi connectivity index (χ2n) is 21.8. The Kier molecular flexibility index (Phi) is 45.5. The molecule has 2 rings (SSSR count). The molecule has 456 valence electrons. The number of hydrogen-bond donors (Lipinski definition) is 9. The molecule has 2 heterocycles. The van der Waals surface area contributed by atoms with Crippen LogP contribution in [0, 0.1) is 0 Å². The van der Waals surface area contributed by atoms with E-state index in [-0.39, 0.29) is 12.5 Å². The first-order valence-corrected chi connectivity index (χ1v) is 31.3. The van der Waals surface area contributed by atoms with Gasteiger partial charge in [-0.2, -0.15) is 0 Å². The molecular formula is C65H113NO13. The summed E-state index contributed by atoms with van der Waals surface area (Å²) < 4.78 is 22.7. The molecule has 2 aliphatic rings. The SMILES string of the molecule is CC/C=C\C/C=C\C/C=C\C/C=C\C/C=C\C/C=C\C/C=C\CCCCCCCCCCCCCCCCCC(=O)NC(COC1OC(CO)C(OC2OC(CO)C(O)C(O)C2O)C(O)C1O)C(O)CCCCCCCCCC. The molecule has 2 saturated heterocycles. The smallest absolute Gasteiger partial charge is 0.220 e. The predicted molar refractivity (Wildman–Crippen MR) is 318 cm³/mol. The highest BCUT2D eigenvalue weighted by molar-refractivity contribution is 5.76. The van der Waals surface area contributed by atoms with Crippen molar-refractivity contribution in [3.63, 3.8) is 0 Å². The van der Waals surface area contributed by atoms with Gasteiger partial charge in [-0.05, 0) is 70.6 Å². The highest BCUT2D eigenvalue weighted by atomic mass is 16.7. The molecule has 12 atom stereocenters. The third kappa shape index (κ3) is 35.0. The number of hydrogen-bond acceptors (Lipinski definition) is 13. The zero-order chi connectivity index (χ0) is 57.4. The summed E-state index contributed by atoms with van der Waals surface area (Å²) in [5, 5.41) is 86.9. The van der Waals surface area contributed by atoms with Gasteiger partial charge in [0.1, 0.15) is 48.8 Å². The van der Waals surface area contributed by atoms with Gasteiger partial charge in [-0.25, -0.2) is 0 Å². The van der Waals surface area contributed by atoms with Gasteiger partial charge in [0.2, 0.25) is 5.91 Å². The van der Waals surface area contributed by atoms with E-state index in [0.717, 1.165) is 96.3 Å². The Labute approximate surface area is 478 Å². The summed E-state index contributed by atoms with van der Waals surface area (Å²) >= 11 is 0. The Bertz CT molecular complexity index is 1650. The van der Waals surface area contributed by atoms with Gasteiger partial charge in [-0.3, -0.25) is 4.79 Å². The summed E-state index contributed by atoms with van der Waals surface area (Å²) in [6.45, 7) is 2.69. The van der Waals surface area contributed by atoms with E-state index in [0.29, 0.717) is 12.8 Å². The first-order valence-electron chi connectivity index (χ1n) is 31.3. The summed E-state index contributed by atoms with van der Waals surface area (Å²) in [6, 6.07) is -0.829. The van der Waals surface area contributed by atoms with Crippen LogP contribution in [0.4, 0.5) is 0 Å². The summed E-state index contributed by atoms with van der Waals surface area (Å²) in [5.41, 5.74) is 0. The van der Waals surface area contributed by atoms with Crippen LogP contribution in [0.2, 0.25) is 0 Å². The fraction of sp³-hybridized carbons (Fsp3) is 0.769. The number of rotatable bonds is 49. The highest BCUT2D eigenvalue weighted by Gasteiger charge is 2.51. The predicted octanol–water partition coefficient (Wildman–Crippen LogP) is 11.3. The van der Waals surface area contributed by atoms with Crippen LogP contribution in [-0.4, -0.2) is 140 Å². The Morgan fingerprint density at radius 3 is 1.34 bits per heavy atom. The lowest BCUT2D eigenvalue weighted by atomic mass is 9.97. The van der Waals surface area contributed by atoms with Gasteiger partial charge in [-0.15, -0.1) is 0 Å². The Morgan fingerprint density at radius 2 is 0.873 bits per heavy atom. The van der Waals surface area contributed by atoms with Crippen LogP contribution in [0.5, 0.6) is 0 Å². The number of unbranched alkanes of at least 4 members (excludes halogenated alkanes) is 22. The standard InChI is InChI=1S/C65H113NO13/c1-3-5-7-9-11-13-14-15-16-17-18-19-20-21-22-23-24-25-26-27-28-29-30-31-32-33-34-35-36-37-38-39-40-41-43-45-47-49-57(70)66-53(54(69)48-46-44-42-12-10-8-6-4-2)52-76-64-62(75)60(73)63(56(51-68)78-64)79-65-61(74)59(72)58(71)55(50-67)77-65/h5,7,11,13,15-16,18-19,21-22,24-25,27-28,53-56,58-65,67-69,71-75H,3-4,6,8-10,12,14,17,20,23,26,29-52H2,1-2H3,(H,66,70)/b7-5-,13-11-,16-15-,19-18-,22-21-,25-24-,28-27-. The van der Waals surface area contributed by atoms with Gasteiger partial charge >= 0.3 is 0 Å². The molecule has 12 unspecified atom stereocenters. The second kappa shape index (κ2) is 49.8. The number of carbonyl (C=O) groups excluding carboxylic acids is 1. The molecule has 2 aliphatic heterocycles. The van der Waals surface area contributed by atoms with Crippen LogP contribution in [0.1, 0.15) is 226 Å². The van der Waals surface area contributed by atoms with Crippen molar-refractivity contribution in [2.24, 2.45) is 0 Å². The van der Waals surface area contributed by atoms with Crippen molar-refractivity contribution in [2.45, 2.75) is 299 Å². The zero-order valence-electron chi connectivity index (χ0n) is 49.1. The quantitative estimate of drug-likeness (QED) is 0.0204. The molecule has 1 amide bonds. The molecule has 0 aromatic rings. The molecule has 0 saturated carbocycles. The van der Waals surface area contributed by atoms with Gasteiger partial charge in [0.15, 0.2) is 12.6 Å². The van der Waals surface area contributed by atoms with E-state index in [4.69, 9.17) is 18.9 Å². The van der Waals surface area contributed by atoms with Gasteiger partial charge in [0, 0.05) is 6.42 Å². The van der Waals surface area contributed by atoms with Crippen LogP contribution in [0.3, 0.4) is 0 Å². The molecule has 0 radical (unpaired) electrons. The van der Waals surface area contributed by atoms with Gasteiger partial charge in [0.25, 0.3) is 0 Å². The Balaban J connectivity index is 1.56. The number of aliphatic hydroxyl groups is 8. The second-order valence-corrected chi connectivity index (χ2v) is 21.8. The topological polar surface area (TPSA) is 228 Å². The van der Waals surface area contributed by atoms with Crippen LogP contribution >= 0.6 is 0 Å². The van der Waals surface area contributed by atoms with Crippen molar-refractivity contribution in [3.8, 4) is 0 Å². The number of nitrogens with one attached hydrogen (secondary N) is 1. The maximum absolute atomic E-state index is 13.2. The molecule has 79 heavy (non-hydrogen) atoms. The lowest BCUT2D eigenvalue weighted by Gasteiger charge is -2.46. The van der Waals surface area contributed by atoms with Crippen molar-refractivity contribution in [1.29, 1.82) is 0 Å². The normalized spacial score (nSPS) is 25.0. The van der Waals surface area contributed by atoms with Crippen LogP contribution in [-0.2, 0) is 23.7 Å². The summed E-state index contributed by atoms with van der Waals surface area (Å²) in [7, 11) is 0. The van der Waals surface area contributed by atoms with E-state index >= 15 is 0 Å². The average Bonchev–Trinajstić information content (AvgIpc) is 3.47. The summed E-state index contributed by atoms with van der Waals surface area (Å²) in [5.74, 6) is -0.212. The number of carbonyl (C=O) groups is 1. The summed E-state index contributed by atoms with van der Waals surface area (Å²) in [6.07, 6.45) is 50.6. The Hall–Kier alpha value is -2.83. The van der Waals surface area contributed by atoms with Crippen molar-refractivity contribution < 1.29 is 64.6 Å². The van der Waals surface area contributed by atoms with E-state index < -0.39 is 86.8 Å². The van der Waals surface area contributed by atoms with E-state index in [2.05, 4.69) is 104 Å². The first-order chi connectivity index (χ1) is 38.6. The summed E-state index contributed by atoms with van der Waals surface area (Å²) in [4.78, 5) is 13.2. The molecule has 14 nitrogen and oxygen atoms in total. The minimum absolute atomic E-state index is 0.212. The number of allylic oxidation sites excluding steroid dienone is 14. The van der Waals surface area contributed by atoms with Gasteiger partial charge < -0.3 is 65.1 Å². The lowest BCUT2D eigenvalue weighted by molar-refractivity contribution is -0.359. The van der Waals surface area contributed by atoms with Crippen LogP contribution in [0.25, 0.3) is 0 Å². The number of aliphatic hydroxyl groups excluding tert-OH is 8. The zero-order valence-corrected chi connectivity index (χ0v) is 49.1. The molecule has 0 spiro atoms. The first kappa shape index (κ1) is 72.3. The van der Waals surface area contributed by atoms with E-state index in [1.54, 1.807) is 0 Å². The molecule has 0 aromatic carbocycles. The van der Waals surface area contributed by atoms with Crippen molar-refractivity contribution >= 4 is 5.91 Å². The van der Waals surface area contributed by atoms with Crippen molar-refractivity contribution in [1.82, 2.24) is 5.32 Å². The average molecular weight is 1120 g/mol. The van der Waals surface area contributed by atoms with Crippen LogP contribution < -0.4 is 5.32 Å². The minimum atomic E-state index is -1.78. The fourth-order valence-electron chi connectivity index (χ4n) is 9.86. The van der Waals surface area contributed by atoms with Crippen molar-refractivity contribution in [2.75, 3.05) is 19.8 Å². The molecule has 9 N–H and O–H groups in total. The van der Waals surface area contributed by atoms with E-state index in [1.165, 1.54) is 103 Å². The Morgan fingerprint density at radius 1 is 0.468 bits per heavy atom. The van der Waals surface area contributed by atoms with E-state index in [9.17, 15) is 45.6 Å². The van der Waals surface area contributed by atoms with Gasteiger partial charge in [-0.1, -0.05) is 234 Å². The third-order valence-corrected chi connectivity index (χ3v) is 14.9. The number of ether oxygens (including phenoxy) is 4. The van der Waals surface area contributed by atoms with Gasteiger partial charge in [0.05, 0.1) is 32.0 Å². The highest BCUT2D eigenvalue weighted by Crippen LogP contribution is 2.30. The number of amides is 1. The van der Waals surface area contributed by atoms with Crippen molar-refractivity contribution in [3.05, 3.63) is 85.1 Å². The molecule has 0 aromatic heterocycles. The van der Waals surface area contributed by atoms with Crippen LogP contribution in [0.15, 0.2) is 85.1 Å². The minimum Gasteiger partial charge on any atom is -0.394 e. The fourth-order valence-corrected chi connectivity index (χ4v) is 9.86. The van der Waals surface area contributed by atoms with E-state index in [1.807, 2.05) is 0 Å². The maximum Gasteiger partial charge on any atom is 0.220 e. The molecule has 0 aliphatic carbocycles. The third-order valence-electron chi connectivity index (χ3n) is 14.9. The maximum atomic E-state index is 13.2. The lowest BCUT2D eigenvalue weighted by Crippen LogP contribution is -2.65. The molecule has 2 fully saturated rings. The molecular weight excluding hydrogens is 1000 g/mol.